The predicted octanol–water partition coefficient (Wildman–Crippen LogP) is 2.22. The number of carbonyl (C=O) groups excluding carboxylic acids is 1. The molecule has 0 aromatic carbocycles. The van der Waals surface area contributed by atoms with E-state index in [-0.39, 0.29) is 5.97 Å². The molecule has 0 saturated carbocycles. The van der Waals surface area contributed by atoms with Gasteiger partial charge in [-0.1, -0.05) is 19.9 Å². The summed E-state index contributed by atoms with van der Waals surface area (Å²) in [6.07, 6.45) is 0.602. The first-order chi connectivity index (χ1) is 8.02. The Balaban J connectivity index is 2.75. The van der Waals surface area contributed by atoms with Crippen LogP contribution in [0.2, 0.25) is 0 Å². The Morgan fingerprint density at radius 1 is 1.53 bits per heavy atom. The minimum atomic E-state index is -0.580. The van der Waals surface area contributed by atoms with Crippen LogP contribution in [0.5, 0.6) is 0 Å². The zero-order chi connectivity index (χ0) is 12.8. The largest absolute Gasteiger partial charge is 0.467 e. The molecule has 94 valence electrons. The van der Waals surface area contributed by atoms with E-state index in [1.54, 1.807) is 6.07 Å². The number of hydrogen-bond acceptors (Lipinski definition) is 4. The van der Waals surface area contributed by atoms with Crippen molar-refractivity contribution in [1.29, 1.82) is 0 Å². The Bertz CT molecular complexity index is 383. The third-order valence-corrected chi connectivity index (χ3v) is 2.23. The fraction of sp³-hybridized carbons (Fsp3) is 0.500. The van der Waals surface area contributed by atoms with Gasteiger partial charge in [0.25, 0.3) is 0 Å². The maximum absolute atomic E-state index is 12.9. The zero-order valence-electron chi connectivity index (χ0n) is 10.2. The van der Waals surface area contributed by atoms with Crippen LogP contribution in [-0.4, -0.2) is 24.1 Å². The number of halogens is 1. The first kappa shape index (κ1) is 13.4. The second-order valence-corrected chi connectivity index (χ2v) is 4.20. The van der Waals surface area contributed by atoms with Crippen molar-refractivity contribution < 1.29 is 13.9 Å². The number of aromatic nitrogens is 1. The average Bonchev–Trinajstić information content (AvgIpc) is 2.26. The summed E-state index contributed by atoms with van der Waals surface area (Å²) in [6.45, 7) is 3.99. The third kappa shape index (κ3) is 4.38. The summed E-state index contributed by atoms with van der Waals surface area (Å²) in [5, 5.41) is 2.88. The van der Waals surface area contributed by atoms with E-state index in [9.17, 15) is 9.18 Å². The molecule has 1 heterocycles. The van der Waals surface area contributed by atoms with Gasteiger partial charge in [-0.2, -0.15) is 4.39 Å². The van der Waals surface area contributed by atoms with Crippen LogP contribution < -0.4 is 5.32 Å². The van der Waals surface area contributed by atoms with E-state index >= 15 is 0 Å². The van der Waals surface area contributed by atoms with Gasteiger partial charge in [-0.3, -0.25) is 0 Å². The first-order valence-electron chi connectivity index (χ1n) is 5.50. The van der Waals surface area contributed by atoms with E-state index in [0.29, 0.717) is 18.2 Å². The molecule has 0 aliphatic carbocycles. The Morgan fingerprint density at radius 2 is 2.24 bits per heavy atom. The standard InChI is InChI=1S/C12H17FN2O2/c1-8(2)7-9(12(16)17-3)14-11-6-4-5-10(13)15-11/h4-6,8-9H,7H2,1-3H3,(H,14,15). The molecule has 0 aliphatic heterocycles. The van der Waals surface area contributed by atoms with Gasteiger partial charge < -0.3 is 10.1 Å². The van der Waals surface area contributed by atoms with Crippen LogP contribution in [0, 0.1) is 11.9 Å². The molecular weight excluding hydrogens is 223 g/mol. The second-order valence-electron chi connectivity index (χ2n) is 4.20. The fourth-order valence-corrected chi connectivity index (χ4v) is 1.49. The molecule has 1 aromatic heterocycles. The summed E-state index contributed by atoms with van der Waals surface area (Å²) >= 11 is 0. The summed E-state index contributed by atoms with van der Waals surface area (Å²) in [5.74, 6) is -0.297. The number of nitrogens with one attached hydrogen (secondary N) is 1. The SMILES string of the molecule is COC(=O)C(CC(C)C)Nc1cccc(F)n1. The Morgan fingerprint density at radius 3 is 2.76 bits per heavy atom. The minimum absolute atomic E-state index is 0.320. The van der Waals surface area contributed by atoms with Crippen molar-refractivity contribution in [3.63, 3.8) is 0 Å². The van der Waals surface area contributed by atoms with Gasteiger partial charge in [-0.05, 0) is 24.5 Å². The zero-order valence-corrected chi connectivity index (χ0v) is 10.2. The maximum atomic E-state index is 12.9. The summed E-state index contributed by atoms with van der Waals surface area (Å²) in [7, 11) is 1.33. The number of rotatable bonds is 5. The number of hydrogen-bond donors (Lipinski definition) is 1. The maximum Gasteiger partial charge on any atom is 0.328 e. The summed E-state index contributed by atoms with van der Waals surface area (Å²) in [6, 6.07) is 3.89. The molecule has 4 nitrogen and oxygen atoms in total. The van der Waals surface area contributed by atoms with Crippen LogP contribution in [0.4, 0.5) is 10.2 Å². The van der Waals surface area contributed by atoms with Crippen molar-refractivity contribution in [1.82, 2.24) is 4.98 Å². The molecule has 1 aromatic rings. The van der Waals surface area contributed by atoms with E-state index in [0.717, 1.165) is 0 Å². The monoisotopic (exact) mass is 240 g/mol. The molecule has 0 radical (unpaired) electrons. The number of anilines is 1. The van der Waals surface area contributed by atoms with Gasteiger partial charge in [-0.15, -0.1) is 0 Å². The Labute approximate surface area is 100 Å². The number of nitrogens with zero attached hydrogens (tertiary/aromatic N) is 1. The van der Waals surface area contributed by atoms with Gasteiger partial charge in [0, 0.05) is 0 Å². The quantitative estimate of drug-likeness (QED) is 0.633. The fourth-order valence-electron chi connectivity index (χ4n) is 1.49. The molecule has 17 heavy (non-hydrogen) atoms. The smallest absolute Gasteiger partial charge is 0.328 e. The molecule has 1 N–H and O–H groups in total. The lowest BCUT2D eigenvalue weighted by atomic mass is 10.0. The van der Waals surface area contributed by atoms with E-state index in [2.05, 4.69) is 10.3 Å². The van der Waals surface area contributed by atoms with Gasteiger partial charge >= 0.3 is 5.97 Å². The van der Waals surface area contributed by atoms with Crippen molar-refractivity contribution in [3.8, 4) is 0 Å². The Hall–Kier alpha value is -1.65. The number of carbonyl (C=O) groups is 1. The van der Waals surface area contributed by atoms with Crippen LogP contribution in [0.3, 0.4) is 0 Å². The normalized spacial score (nSPS) is 12.3. The highest BCUT2D eigenvalue weighted by molar-refractivity contribution is 5.78. The van der Waals surface area contributed by atoms with E-state index < -0.39 is 12.0 Å². The van der Waals surface area contributed by atoms with Crippen LogP contribution in [0.1, 0.15) is 20.3 Å². The van der Waals surface area contributed by atoms with E-state index in [1.807, 2.05) is 13.8 Å². The van der Waals surface area contributed by atoms with Crippen molar-refractivity contribution in [2.24, 2.45) is 5.92 Å². The average molecular weight is 240 g/mol. The lowest BCUT2D eigenvalue weighted by Crippen LogP contribution is -2.32. The molecule has 1 rings (SSSR count). The van der Waals surface area contributed by atoms with Crippen molar-refractivity contribution in [2.45, 2.75) is 26.3 Å². The molecule has 0 spiro atoms. The highest BCUT2D eigenvalue weighted by Gasteiger charge is 2.20. The molecule has 0 bridgehead atoms. The van der Waals surface area contributed by atoms with Gasteiger partial charge in [-0.25, -0.2) is 9.78 Å². The third-order valence-electron chi connectivity index (χ3n) is 2.23. The van der Waals surface area contributed by atoms with Crippen LogP contribution in [0.25, 0.3) is 0 Å². The molecule has 0 amide bonds. The molecule has 1 atom stereocenters. The van der Waals surface area contributed by atoms with Crippen molar-refractivity contribution in [2.75, 3.05) is 12.4 Å². The lowest BCUT2D eigenvalue weighted by Gasteiger charge is -2.18. The van der Waals surface area contributed by atoms with Gasteiger partial charge in [0.1, 0.15) is 11.9 Å². The van der Waals surface area contributed by atoms with Crippen molar-refractivity contribution in [3.05, 3.63) is 24.1 Å². The number of pyridine rings is 1. The topological polar surface area (TPSA) is 51.2 Å². The van der Waals surface area contributed by atoms with Crippen molar-refractivity contribution >= 4 is 11.8 Å². The molecule has 0 aliphatic rings. The van der Waals surface area contributed by atoms with Crippen LogP contribution >= 0.6 is 0 Å². The first-order valence-corrected chi connectivity index (χ1v) is 5.50. The van der Waals surface area contributed by atoms with E-state index in [4.69, 9.17) is 4.74 Å². The van der Waals surface area contributed by atoms with Crippen LogP contribution in [-0.2, 0) is 9.53 Å². The molecule has 0 saturated heterocycles. The highest BCUT2D eigenvalue weighted by atomic mass is 19.1. The summed E-state index contributed by atoms with van der Waals surface area (Å²) < 4.78 is 17.6. The van der Waals surface area contributed by atoms with Gasteiger partial charge in [0.05, 0.1) is 7.11 Å². The molecule has 1 unspecified atom stereocenters. The second kappa shape index (κ2) is 6.18. The highest BCUT2D eigenvalue weighted by Crippen LogP contribution is 2.12. The summed E-state index contributed by atoms with van der Waals surface area (Å²) in [5.41, 5.74) is 0. The minimum Gasteiger partial charge on any atom is -0.467 e. The number of methoxy groups -OCH3 is 1. The summed E-state index contributed by atoms with van der Waals surface area (Å²) in [4.78, 5) is 15.2. The predicted molar refractivity (Wildman–Crippen MR) is 63.1 cm³/mol. The number of ether oxygens (including phenoxy) is 1. The number of esters is 1. The van der Waals surface area contributed by atoms with Gasteiger partial charge in [0.15, 0.2) is 0 Å². The molecule has 5 heteroatoms. The van der Waals surface area contributed by atoms with Crippen LogP contribution in [0.15, 0.2) is 18.2 Å². The molecular formula is C12H17FN2O2. The Kier molecular flexibility index (Phi) is 4.87. The molecule has 0 fully saturated rings. The van der Waals surface area contributed by atoms with Gasteiger partial charge in [0.2, 0.25) is 5.95 Å². The lowest BCUT2D eigenvalue weighted by molar-refractivity contribution is -0.141. The van der Waals surface area contributed by atoms with E-state index in [1.165, 1.54) is 19.2 Å².